The number of rotatable bonds is 8. The van der Waals surface area contributed by atoms with Crippen molar-refractivity contribution in [3.63, 3.8) is 0 Å². The second-order valence-corrected chi connectivity index (χ2v) is 9.53. The quantitative estimate of drug-likeness (QED) is 0.336. The zero-order chi connectivity index (χ0) is 27.6. The number of primary amides is 1. The molecule has 0 bridgehead atoms. The number of nitrogens with two attached hydrogens (primary N) is 1. The minimum absolute atomic E-state index is 0.0309. The van der Waals surface area contributed by atoms with Gasteiger partial charge in [0.1, 0.15) is 11.2 Å². The Morgan fingerprint density at radius 2 is 1.76 bits per heavy atom. The number of carbonyl (C=O) groups excluding carboxylic acids is 1. The monoisotopic (exact) mass is 523 g/mol. The third-order valence-corrected chi connectivity index (χ3v) is 6.53. The van der Waals surface area contributed by atoms with Gasteiger partial charge in [-0.3, -0.25) is 9.59 Å². The number of aliphatic hydroxyl groups is 1. The molecular formula is C29H28F3N3O3. The summed E-state index contributed by atoms with van der Waals surface area (Å²) in [5.74, 6) is -1.17. The SMILES string of the molecule is Cc1ccc(-c2c(C(N)=O)n(CC(C)CCO)c(=O)c3nc(Cc4ccccc4)c(C(F)(F)F)cc23)cc1. The van der Waals surface area contributed by atoms with Crippen LogP contribution in [0.4, 0.5) is 13.2 Å². The van der Waals surface area contributed by atoms with E-state index in [0.717, 1.165) is 11.6 Å². The largest absolute Gasteiger partial charge is 0.418 e. The van der Waals surface area contributed by atoms with Gasteiger partial charge in [0.15, 0.2) is 0 Å². The standard InChI is InChI=1S/C29H28F3N3O3/c1-17-8-10-20(11-9-17)24-21-15-22(29(30,31)32)23(14-19-6-4-3-5-7-19)34-25(21)28(38)35(26(24)27(33)37)16-18(2)12-13-36/h3-11,15,18,36H,12-14,16H2,1-2H3,(H2,33,37). The van der Waals surface area contributed by atoms with Crippen molar-refractivity contribution in [1.29, 1.82) is 0 Å². The molecule has 0 spiro atoms. The van der Waals surface area contributed by atoms with E-state index in [0.29, 0.717) is 17.5 Å². The molecule has 2 heterocycles. The van der Waals surface area contributed by atoms with Crippen molar-refractivity contribution in [2.24, 2.45) is 11.7 Å². The van der Waals surface area contributed by atoms with E-state index in [1.165, 1.54) is 4.57 Å². The van der Waals surface area contributed by atoms with E-state index in [2.05, 4.69) is 4.98 Å². The van der Waals surface area contributed by atoms with Gasteiger partial charge in [0.2, 0.25) is 0 Å². The minimum Gasteiger partial charge on any atom is -0.396 e. The highest BCUT2D eigenvalue weighted by atomic mass is 19.4. The first-order chi connectivity index (χ1) is 18.0. The van der Waals surface area contributed by atoms with Crippen LogP contribution in [-0.4, -0.2) is 27.2 Å². The van der Waals surface area contributed by atoms with Crippen LogP contribution in [0.2, 0.25) is 0 Å². The molecule has 1 amide bonds. The molecule has 9 heteroatoms. The lowest BCUT2D eigenvalue weighted by Gasteiger charge is -2.22. The zero-order valence-electron chi connectivity index (χ0n) is 21.0. The molecule has 0 aliphatic rings. The van der Waals surface area contributed by atoms with E-state index in [1.807, 2.05) is 6.92 Å². The zero-order valence-corrected chi connectivity index (χ0v) is 21.0. The molecule has 1 atom stereocenters. The number of hydrogen-bond donors (Lipinski definition) is 2. The summed E-state index contributed by atoms with van der Waals surface area (Å²) >= 11 is 0. The molecule has 2 aromatic heterocycles. The third-order valence-electron chi connectivity index (χ3n) is 6.53. The normalized spacial score (nSPS) is 12.6. The topological polar surface area (TPSA) is 98.2 Å². The second kappa shape index (κ2) is 10.8. The van der Waals surface area contributed by atoms with Gasteiger partial charge in [-0.15, -0.1) is 0 Å². The number of halogens is 3. The van der Waals surface area contributed by atoms with Crippen LogP contribution in [0.1, 0.15) is 46.2 Å². The predicted octanol–water partition coefficient (Wildman–Crippen LogP) is 5.10. The maximum Gasteiger partial charge on any atom is 0.418 e. The number of aliphatic hydroxyl groups excluding tert-OH is 1. The van der Waals surface area contributed by atoms with Crippen LogP contribution < -0.4 is 11.3 Å². The summed E-state index contributed by atoms with van der Waals surface area (Å²) in [5.41, 5.74) is 5.47. The highest BCUT2D eigenvalue weighted by Crippen LogP contribution is 2.38. The number of pyridine rings is 2. The number of benzene rings is 2. The number of aryl methyl sites for hydroxylation is 1. The Balaban J connectivity index is 2.13. The van der Waals surface area contributed by atoms with Gasteiger partial charge in [-0.2, -0.15) is 13.2 Å². The molecule has 4 aromatic rings. The predicted molar refractivity (Wildman–Crippen MR) is 140 cm³/mol. The van der Waals surface area contributed by atoms with Crippen molar-refractivity contribution in [1.82, 2.24) is 9.55 Å². The van der Waals surface area contributed by atoms with E-state index in [9.17, 15) is 27.9 Å². The summed E-state index contributed by atoms with van der Waals surface area (Å²) in [6.07, 6.45) is -4.54. The fourth-order valence-electron chi connectivity index (χ4n) is 4.63. The first-order valence-corrected chi connectivity index (χ1v) is 12.2. The highest BCUT2D eigenvalue weighted by Gasteiger charge is 2.36. The van der Waals surface area contributed by atoms with Gasteiger partial charge < -0.3 is 15.4 Å². The van der Waals surface area contributed by atoms with Crippen LogP contribution in [0.5, 0.6) is 0 Å². The van der Waals surface area contributed by atoms with Gasteiger partial charge >= 0.3 is 6.18 Å². The molecule has 1 unspecified atom stereocenters. The van der Waals surface area contributed by atoms with Gasteiger partial charge in [-0.25, -0.2) is 4.98 Å². The van der Waals surface area contributed by atoms with Crippen molar-refractivity contribution in [2.75, 3.05) is 6.61 Å². The van der Waals surface area contributed by atoms with Crippen molar-refractivity contribution >= 4 is 16.8 Å². The van der Waals surface area contributed by atoms with Gasteiger partial charge in [0, 0.05) is 30.5 Å². The Kier molecular flexibility index (Phi) is 7.68. The summed E-state index contributed by atoms with van der Waals surface area (Å²) in [7, 11) is 0. The fourth-order valence-corrected chi connectivity index (χ4v) is 4.63. The third kappa shape index (κ3) is 5.47. The van der Waals surface area contributed by atoms with Crippen LogP contribution in [0.25, 0.3) is 22.0 Å². The molecule has 0 fully saturated rings. The first kappa shape index (κ1) is 27.1. The average Bonchev–Trinajstić information content (AvgIpc) is 2.86. The lowest BCUT2D eigenvalue weighted by molar-refractivity contribution is -0.138. The van der Waals surface area contributed by atoms with E-state index >= 15 is 0 Å². The van der Waals surface area contributed by atoms with E-state index in [1.54, 1.807) is 61.5 Å². The van der Waals surface area contributed by atoms with Crippen LogP contribution >= 0.6 is 0 Å². The molecule has 2 aromatic carbocycles. The number of fused-ring (bicyclic) bond motifs is 1. The molecule has 0 aliphatic carbocycles. The summed E-state index contributed by atoms with van der Waals surface area (Å²) < 4.78 is 44.2. The number of amides is 1. The first-order valence-electron chi connectivity index (χ1n) is 12.2. The van der Waals surface area contributed by atoms with Crippen molar-refractivity contribution in [3.8, 4) is 11.1 Å². The molecule has 198 valence electrons. The number of hydrogen-bond acceptors (Lipinski definition) is 4. The lowest BCUT2D eigenvalue weighted by Crippen LogP contribution is -2.33. The number of aromatic nitrogens is 2. The van der Waals surface area contributed by atoms with E-state index in [-0.39, 0.29) is 53.3 Å². The molecule has 0 saturated heterocycles. The van der Waals surface area contributed by atoms with E-state index in [4.69, 9.17) is 5.73 Å². The van der Waals surface area contributed by atoms with Crippen molar-refractivity contribution in [2.45, 2.75) is 39.4 Å². The minimum atomic E-state index is -4.76. The summed E-state index contributed by atoms with van der Waals surface area (Å²) in [5, 5.41) is 9.28. The van der Waals surface area contributed by atoms with Crippen molar-refractivity contribution < 1.29 is 23.1 Å². The molecule has 4 rings (SSSR count). The number of carbonyl (C=O) groups is 1. The van der Waals surface area contributed by atoms with Gasteiger partial charge in [-0.05, 0) is 36.5 Å². The molecular weight excluding hydrogens is 495 g/mol. The number of nitrogens with zero attached hydrogens (tertiary/aromatic N) is 2. The molecule has 3 N–H and O–H groups in total. The smallest absolute Gasteiger partial charge is 0.396 e. The van der Waals surface area contributed by atoms with Gasteiger partial charge in [0.25, 0.3) is 11.5 Å². The maximum atomic E-state index is 14.3. The Morgan fingerprint density at radius 3 is 2.34 bits per heavy atom. The lowest BCUT2D eigenvalue weighted by atomic mass is 9.94. The van der Waals surface area contributed by atoms with Crippen LogP contribution in [0.3, 0.4) is 0 Å². The number of alkyl halides is 3. The van der Waals surface area contributed by atoms with Gasteiger partial charge in [-0.1, -0.05) is 67.1 Å². The Morgan fingerprint density at radius 1 is 1.11 bits per heavy atom. The van der Waals surface area contributed by atoms with Crippen LogP contribution in [-0.2, 0) is 19.1 Å². The Hall–Kier alpha value is -3.98. The van der Waals surface area contributed by atoms with Crippen LogP contribution in [0, 0.1) is 12.8 Å². The highest BCUT2D eigenvalue weighted by molar-refractivity contribution is 6.07. The fraction of sp³-hybridized carbons (Fsp3) is 0.276. The Bertz CT molecular complexity index is 1530. The Labute approximate surface area is 217 Å². The second-order valence-electron chi connectivity index (χ2n) is 9.53. The molecule has 6 nitrogen and oxygen atoms in total. The summed E-state index contributed by atoms with van der Waals surface area (Å²) in [4.78, 5) is 30.8. The van der Waals surface area contributed by atoms with Gasteiger partial charge in [0.05, 0.1) is 11.3 Å². The maximum absolute atomic E-state index is 14.3. The molecule has 38 heavy (non-hydrogen) atoms. The van der Waals surface area contributed by atoms with E-state index < -0.39 is 23.2 Å². The average molecular weight is 524 g/mol. The molecule has 0 saturated carbocycles. The summed E-state index contributed by atoms with van der Waals surface area (Å²) in [6, 6.07) is 16.3. The van der Waals surface area contributed by atoms with Crippen LogP contribution in [0.15, 0.2) is 65.5 Å². The van der Waals surface area contributed by atoms with Crippen molar-refractivity contribution in [3.05, 3.63) is 99.1 Å². The molecule has 0 radical (unpaired) electrons. The summed E-state index contributed by atoms with van der Waals surface area (Å²) in [6.45, 7) is 3.55. The molecule has 0 aliphatic heterocycles.